The number of methoxy groups -OCH3 is 2. The molecule has 0 fully saturated rings. The Labute approximate surface area is 188 Å². The van der Waals surface area contributed by atoms with Crippen molar-refractivity contribution in [1.29, 1.82) is 0 Å². The number of fused-ring (bicyclic) bond motifs is 1. The van der Waals surface area contributed by atoms with E-state index in [1.165, 1.54) is 11.3 Å². The number of anilines is 1. The van der Waals surface area contributed by atoms with Crippen molar-refractivity contribution in [3.8, 4) is 23.0 Å². The summed E-state index contributed by atoms with van der Waals surface area (Å²) in [5.74, 6) is 3.07. The first kappa shape index (κ1) is 21.3. The molecule has 4 rings (SSSR count). The zero-order valence-electron chi connectivity index (χ0n) is 17.2. The zero-order chi connectivity index (χ0) is 21.6. The number of carbonyl (C=O) groups is 1. The van der Waals surface area contributed by atoms with Crippen molar-refractivity contribution in [2.45, 2.75) is 17.7 Å². The number of hydrogen-bond acceptors (Lipinski definition) is 7. The van der Waals surface area contributed by atoms with E-state index in [0.717, 1.165) is 39.5 Å². The number of furan rings is 1. The molecule has 1 N–H and O–H groups in total. The Morgan fingerprint density at radius 1 is 1.10 bits per heavy atom. The van der Waals surface area contributed by atoms with E-state index in [4.69, 9.17) is 13.9 Å². The summed E-state index contributed by atoms with van der Waals surface area (Å²) in [5.41, 5.74) is 1.44. The van der Waals surface area contributed by atoms with Gasteiger partial charge in [-0.1, -0.05) is 0 Å². The SMILES string of the molecule is COc1ccc(SCCCC(=O)Nc2nc(-c3cc4ccc(OC)cc4o3)cs2)cc1. The Morgan fingerprint density at radius 2 is 1.87 bits per heavy atom. The number of nitrogens with zero attached hydrogens (tertiary/aromatic N) is 1. The Balaban J connectivity index is 1.27. The number of hydrogen-bond donors (Lipinski definition) is 1. The van der Waals surface area contributed by atoms with Crippen LogP contribution in [0.2, 0.25) is 0 Å². The van der Waals surface area contributed by atoms with E-state index in [9.17, 15) is 4.79 Å². The third kappa shape index (κ3) is 5.39. The van der Waals surface area contributed by atoms with E-state index in [0.29, 0.717) is 23.0 Å². The van der Waals surface area contributed by atoms with Crippen LogP contribution < -0.4 is 14.8 Å². The van der Waals surface area contributed by atoms with Gasteiger partial charge in [-0.3, -0.25) is 4.79 Å². The van der Waals surface area contributed by atoms with Crippen LogP contribution in [0.5, 0.6) is 11.5 Å². The van der Waals surface area contributed by atoms with Gasteiger partial charge in [0.2, 0.25) is 5.91 Å². The van der Waals surface area contributed by atoms with Gasteiger partial charge in [0.05, 0.1) is 14.2 Å². The van der Waals surface area contributed by atoms with Crippen molar-refractivity contribution in [3.05, 3.63) is 53.9 Å². The molecule has 8 heteroatoms. The van der Waals surface area contributed by atoms with Crippen LogP contribution in [-0.4, -0.2) is 30.9 Å². The smallest absolute Gasteiger partial charge is 0.226 e. The van der Waals surface area contributed by atoms with Gasteiger partial charge in [-0.2, -0.15) is 0 Å². The lowest BCUT2D eigenvalue weighted by molar-refractivity contribution is -0.116. The maximum absolute atomic E-state index is 12.3. The Bertz CT molecular complexity index is 1170. The van der Waals surface area contributed by atoms with Crippen LogP contribution >= 0.6 is 23.1 Å². The molecule has 160 valence electrons. The summed E-state index contributed by atoms with van der Waals surface area (Å²) in [6, 6.07) is 15.5. The van der Waals surface area contributed by atoms with Crippen molar-refractivity contribution in [2.24, 2.45) is 0 Å². The van der Waals surface area contributed by atoms with E-state index >= 15 is 0 Å². The molecule has 2 aromatic heterocycles. The molecule has 2 aromatic carbocycles. The maximum atomic E-state index is 12.3. The number of nitrogens with one attached hydrogen (secondary N) is 1. The van der Waals surface area contributed by atoms with Crippen LogP contribution in [-0.2, 0) is 4.79 Å². The standard InChI is InChI=1S/C23H22N2O4S2/c1-27-16-7-9-18(10-8-16)30-11-3-4-22(26)25-23-24-19(14-31-23)21-12-15-5-6-17(28-2)13-20(15)29-21/h5-10,12-14H,3-4,11H2,1-2H3,(H,24,25,26). The molecule has 31 heavy (non-hydrogen) atoms. The number of rotatable bonds is 9. The van der Waals surface area contributed by atoms with Crippen LogP contribution in [0.4, 0.5) is 5.13 Å². The summed E-state index contributed by atoms with van der Waals surface area (Å²) < 4.78 is 16.3. The molecule has 0 radical (unpaired) electrons. The van der Waals surface area contributed by atoms with Gasteiger partial charge >= 0.3 is 0 Å². The molecule has 0 aliphatic carbocycles. The summed E-state index contributed by atoms with van der Waals surface area (Å²) in [6.45, 7) is 0. The summed E-state index contributed by atoms with van der Waals surface area (Å²) in [5, 5.41) is 6.30. The third-order valence-electron chi connectivity index (χ3n) is 4.61. The third-order valence-corrected chi connectivity index (χ3v) is 6.46. The molecule has 0 atom stereocenters. The van der Waals surface area contributed by atoms with E-state index < -0.39 is 0 Å². The molecule has 0 saturated carbocycles. The highest BCUT2D eigenvalue weighted by Gasteiger charge is 2.12. The van der Waals surface area contributed by atoms with Gasteiger partial charge in [-0.15, -0.1) is 23.1 Å². The molecule has 0 spiro atoms. The largest absolute Gasteiger partial charge is 0.497 e. The number of amides is 1. The number of thioether (sulfide) groups is 1. The molecule has 6 nitrogen and oxygen atoms in total. The number of ether oxygens (including phenoxy) is 2. The molecule has 0 aliphatic rings. The molecular formula is C23H22N2O4S2. The lowest BCUT2D eigenvalue weighted by Crippen LogP contribution is -2.11. The van der Waals surface area contributed by atoms with Crippen LogP contribution in [0, 0.1) is 0 Å². The van der Waals surface area contributed by atoms with Gasteiger partial charge in [-0.25, -0.2) is 4.98 Å². The summed E-state index contributed by atoms with van der Waals surface area (Å²) in [4.78, 5) is 17.9. The lowest BCUT2D eigenvalue weighted by Gasteiger charge is -2.04. The average Bonchev–Trinajstić information content (AvgIpc) is 3.43. The first-order valence-corrected chi connectivity index (χ1v) is 11.6. The minimum atomic E-state index is -0.0365. The second-order valence-electron chi connectivity index (χ2n) is 6.73. The molecule has 4 aromatic rings. The average molecular weight is 455 g/mol. The fourth-order valence-corrected chi connectivity index (χ4v) is 4.55. The van der Waals surface area contributed by atoms with Gasteiger partial charge in [0.1, 0.15) is 22.8 Å². The lowest BCUT2D eigenvalue weighted by atomic mass is 10.2. The molecule has 0 saturated heterocycles. The quantitative estimate of drug-likeness (QED) is 0.244. The van der Waals surface area contributed by atoms with Crippen molar-refractivity contribution < 1.29 is 18.7 Å². The first-order valence-electron chi connectivity index (χ1n) is 9.75. The van der Waals surface area contributed by atoms with Crippen LogP contribution in [0.1, 0.15) is 12.8 Å². The maximum Gasteiger partial charge on any atom is 0.226 e. The van der Waals surface area contributed by atoms with E-state index in [1.807, 2.05) is 53.9 Å². The molecule has 0 bridgehead atoms. The molecule has 0 aliphatic heterocycles. The van der Waals surface area contributed by atoms with Crippen molar-refractivity contribution in [3.63, 3.8) is 0 Å². The van der Waals surface area contributed by atoms with Crippen molar-refractivity contribution in [1.82, 2.24) is 4.98 Å². The predicted molar refractivity (Wildman–Crippen MR) is 125 cm³/mol. The fraction of sp³-hybridized carbons (Fsp3) is 0.217. The minimum absolute atomic E-state index is 0.0365. The predicted octanol–water partition coefficient (Wildman–Crippen LogP) is 6.08. The molecule has 1 amide bonds. The second kappa shape index (κ2) is 9.89. The van der Waals surface area contributed by atoms with Crippen molar-refractivity contribution in [2.75, 3.05) is 25.3 Å². The summed E-state index contributed by atoms with van der Waals surface area (Å²) in [6.07, 6.45) is 1.23. The van der Waals surface area contributed by atoms with E-state index in [2.05, 4.69) is 10.3 Å². The fourth-order valence-electron chi connectivity index (χ4n) is 2.99. The Kier molecular flexibility index (Phi) is 6.79. The minimum Gasteiger partial charge on any atom is -0.497 e. The van der Waals surface area contributed by atoms with Gasteiger partial charge in [0, 0.05) is 28.1 Å². The van der Waals surface area contributed by atoms with E-state index in [1.54, 1.807) is 26.0 Å². The normalized spacial score (nSPS) is 10.9. The van der Waals surface area contributed by atoms with Crippen molar-refractivity contribution >= 4 is 45.1 Å². The summed E-state index contributed by atoms with van der Waals surface area (Å²) in [7, 11) is 3.28. The highest BCUT2D eigenvalue weighted by Crippen LogP contribution is 2.32. The molecule has 0 unspecified atom stereocenters. The second-order valence-corrected chi connectivity index (χ2v) is 8.75. The number of benzene rings is 2. The zero-order valence-corrected chi connectivity index (χ0v) is 18.8. The van der Waals surface area contributed by atoms with Gasteiger partial charge in [0.25, 0.3) is 0 Å². The number of aromatic nitrogens is 1. The highest BCUT2D eigenvalue weighted by molar-refractivity contribution is 7.99. The van der Waals surface area contributed by atoms with Gasteiger partial charge < -0.3 is 19.2 Å². The first-order chi connectivity index (χ1) is 15.1. The number of carbonyl (C=O) groups excluding carboxylic acids is 1. The topological polar surface area (TPSA) is 73.6 Å². The number of thiazole rings is 1. The van der Waals surface area contributed by atoms with Crippen LogP contribution in [0.15, 0.2) is 63.2 Å². The van der Waals surface area contributed by atoms with E-state index in [-0.39, 0.29) is 5.91 Å². The molecular weight excluding hydrogens is 432 g/mol. The highest BCUT2D eigenvalue weighted by atomic mass is 32.2. The Morgan fingerprint density at radius 3 is 2.65 bits per heavy atom. The van der Waals surface area contributed by atoms with Crippen LogP contribution in [0.3, 0.4) is 0 Å². The molecule has 2 heterocycles. The monoisotopic (exact) mass is 454 g/mol. The van der Waals surface area contributed by atoms with Crippen LogP contribution in [0.25, 0.3) is 22.4 Å². The summed E-state index contributed by atoms with van der Waals surface area (Å²) >= 11 is 3.11. The Hall–Kier alpha value is -2.97. The van der Waals surface area contributed by atoms with Gasteiger partial charge in [0.15, 0.2) is 10.9 Å². The van der Waals surface area contributed by atoms with Gasteiger partial charge in [-0.05, 0) is 54.6 Å².